The van der Waals surface area contributed by atoms with Crippen molar-refractivity contribution in [3.63, 3.8) is 0 Å². The van der Waals surface area contributed by atoms with Gasteiger partial charge in [0.15, 0.2) is 0 Å². The first-order valence-electron chi connectivity index (χ1n) is 6.04. The lowest BCUT2D eigenvalue weighted by Crippen LogP contribution is -2.35. The molecule has 0 aliphatic carbocycles. The molecule has 90 valence electrons. The molecule has 0 radical (unpaired) electrons. The number of aryl methyl sites for hydroxylation is 2. The van der Waals surface area contributed by atoms with Crippen LogP contribution in [0.25, 0.3) is 0 Å². The molecule has 1 aliphatic rings. The normalized spacial score (nSPS) is 27.2. The van der Waals surface area contributed by atoms with Gasteiger partial charge in [0.2, 0.25) is 0 Å². The van der Waals surface area contributed by atoms with Crippen LogP contribution in [-0.2, 0) is 18.2 Å². The third kappa shape index (κ3) is 2.62. The fourth-order valence-electron chi connectivity index (χ4n) is 2.27. The first-order chi connectivity index (χ1) is 7.66. The smallest absolute Gasteiger partial charge is 0.108 e. The highest BCUT2D eigenvalue weighted by Gasteiger charge is 2.27. The molecular formula is C12H21N3O. The summed E-state index contributed by atoms with van der Waals surface area (Å²) in [6.07, 6.45) is 8.54. The van der Waals surface area contributed by atoms with Crippen LogP contribution in [0.5, 0.6) is 0 Å². The average Bonchev–Trinajstić information content (AvgIpc) is 2.84. The maximum atomic E-state index is 6.15. The fourth-order valence-corrected chi connectivity index (χ4v) is 2.27. The second-order valence-corrected chi connectivity index (χ2v) is 4.72. The van der Waals surface area contributed by atoms with Crippen LogP contribution in [0.3, 0.4) is 0 Å². The number of ether oxygens (including phenoxy) is 1. The standard InChI is InChI=1S/C12H21N3O/c1-9-3-5-11(16-9)10(13)4-6-12-14-7-8-15(12)2/h7-11H,3-6,13H2,1-2H3. The van der Waals surface area contributed by atoms with Gasteiger partial charge in [-0.3, -0.25) is 0 Å². The van der Waals surface area contributed by atoms with E-state index < -0.39 is 0 Å². The van der Waals surface area contributed by atoms with Crippen LogP contribution >= 0.6 is 0 Å². The summed E-state index contributed by atoms with van der Waals surface area (Å²) in [4.78, 5) is 4.30. The van der Waals surface area contributed by atoms with Gasteiger partial charge >= 0.3 is 0 Å². The zero-order valence-electron chi connectivity index (χ0n) is 10.1. The molecule has 4 heteroatoms. The number of imidazole rings is 1. The van der Waals surface area contributed by atoms with Crippen molar-refractivity contribution < 1.29 is 4.74 Å². The monoisotopic (exact) mass is 223 g/mol. The summed E-state index contributed by atoms with van der Waals surface area (Å²) in [6.45, 7) is 2.12. The van der Waals surface area contributed by atoms with Gasteiger partial charge in [-0.1, -0.05) is 0 Å². The lowest BCUT2D eigenvalue weighted by molar-refractivity contribution is 0.0387. The Balaban J connectivity index is 1.80. The van der Waals surface area contributed by atoms with Crippen molar-refractivity contribution in [2.45, 2.75) is 50.9 Å². The first-order valence-corrected chi connectivity index (χ1v) is 6.04. The molecule has 1 aromatic heterocycles. The number of hydrogen-bond donors (Lipinski definition) is 1. The van der Waals surface area contributed by atoms with Gasteiger partial charge in [-0.15, -0.1) is 0 Å². The summed E-state index contributed by atoms with van der Waals surface area (Å²) in [5, 5.41) is 0. The Kier molecular flexibility index (Phi) is 3.61. The van der Waals surface area contributed by atoms with Crippen molar-refractivity contribution in [2.24, 2.45) is 12.8 Å². The lowest BCUT2D eigenvalue weighted by Gasteiger charge is -2.19. The number of aromatic nitrogens is 2. The highest BCUT2D eigenvalue weighted by Crippen LogP contribution is 2.22. The fraction of sp³-hybridized carbons (Fsp3) is 0.750. The molecule has 0 amide bonds. The molecule has 2 rings (SSSR count). The summed E-state index contributed by atoms with van der Waals surface area (Å²) >= 11 is 0. The minimum absolute atomic E-state index is 0.140. The SMILES string of the molecule is CC1CCC(C(N)CCc2nccn2C)O1. The van der Waals surface area contributed by atoms with Crippen molar-refractivity contribution in [1.29, 1.82) is 0 Å². The summed E-state index contributed by atoms with van der Waals surface area (Å²) < 4.78 is 7.82. The van der Waals surface area contributed by atoms with Crippen LogP contribution in [0.2, 0.25) is 0 Å². The largest absolute Gasteiger partial charge is 0.374 e. The van der Waals surface area contributed by atoms with E-state index in [-0.39, 0.29) is 12.1 Å². The second-order valence-electron chi connectivity index (χ2n) is 4.72. The Morgan fingerprint density at radius 3 is 3.00 bits per heavy atom. The Morgan fingerprint density at radius 2 is 2.44 bits per heavy atom. The molecule has 0 aromatic carbocycles. The molecule has 16 heavy (non-hydrogen) atoms. The van der Waals surface area contributed by atoms with Crippen LogP contribution < -0.4 is 5.73 Å². The van der Waals surface area contributed by atoms with Crippen molar-refractivity contribution in [3.05, 3.63) is 18.2 Å². The van der Waals surface area contributed by atoms with Crippen LogP contribution in [0.1, 0.15) is 32.0 Å². The van der Waals surface area contributed by atoms with Gasteiger partial charge in [0, 0.05) is 31.9 Å². The van der Waals surface area contributed by atoms with Crippen molar-refractivity contribution in [1.82, 2.24) is 9.55 Å². The number of nitrogens with two attached hydrogens (primary N) is 1. The van der Waals surface area contributed by atoms with Crippen LogP contribution in [0, 0.1) is 0 Å². The van der Waals surface area contributed by atoms with Crippen LogP contribution in [0.4, 0.5) is 0 Å². The summed E-state index contributed by atoms with van der Waals surface area (Å²) in [7, 11) is 2.02. The number of rotatable bonds is 4. The molecule has 0 saturated carbocycles. The molecule has 0 bridgehead atoms. The van der Waals surface area contributed by atoms with E-state index >= 15 is 0 Å². The zero-order valence-corrected chi connectivity index (χ0v) is 10.1. The van der Waals surface area contributed by atoms with E-state index in [9.17, 15) is 0 Å². The lowest BCUT2D eigenvalue weighted by atomic mass is 10.0. The van der Waals surface area contributed by atoms with Crippen molar-refractivity contribution >= 4 is 0 Å². The summed E-state index contributed by atoms with van der Waals surface area (Å²) in [6, 6.07) is 0.140. The molecular weight excluding hydrogens is 202 g/mol. The molecule has 1 aliphatic heterocycles. The third-order valence-electron chi connectivity index (χ3n) is 3.36. The van der Waals surface area contributed by atoms with E-state index in [0.29, 0.717) is 6.10 Å². The minimum Gasteiger partial charge on any atom is -0.374 e. The Labute approximate surface area is 96.8 Å². The van der Waals surface area contributed by atoms with E-state index in [2.05, 4.69) is 11.9 Å². The Bertz CT molecular complexity index is 337. The third-order valence-corrected chi connectivity index (χ3v) is 3.36. The zero-order chi connectivity index (χ0) is 11.5. The van der Waals surface area contributed by atoms with Crippen LogP contribution in [0.15, 0.2) is 12.4 Å². The van der Waals surface area contributed by atoms with Crippen molar-refractivity contribution in [2.75, 3.05) is 0 Å². The molecule has 1 aromatic rings. The maximum Gasteiger partial charge on any atom is 0.108 e. The van der Waals surface area contributed by atoms with Gasteiger partial charge in [-0.05, 0) is 26.2 Å². The average molecular weight is 223 g/mol. The van der Waals surface area contributed by atoms with Gasteiger partial charge < -0.3 is 15.0 Å². The first kappa shape index (κ1) is 11.6. The quantitative estimate of drug-likeness (QED) is 0.835. The molecule has 1 fully saturated rings. The summed E-state index contributed by atoms with van der Waals surface area (Å²) in [5.74, 6) is 1.10. The summed E-state index contributed by atoms with van der Waals surface area (Å²) in [5.41, 5.74) is 6.15. The van der Waals surface area contributed by atoms with Gasteiger partial charge in [-0.2, -0.15) is 0 Å². The molecule has 3 atom stereocenters. The predicted molar refractivity (Wildman–Crippen MR) is 63.1 cm³/mol. The van der Waals surface area contributed by atoms with Crippen LogP contribution in [-0.4, -0.2) is 27.8 Å². The molecule has 2 heterocycles. The number of hydrogen-bond acceptors (Lipinski definition) is 3. The van der Waals surface area contributed by atoms with E-state index in [0.717, 1.165) is 31.5 Å². The van der Waals surface area contributed by atoms with E-state index in [1.807, 2.05) is 24.0 Å². The van der Waals surface area contributed by atoms with Gasteiger partial charge in [0.25, 0.3) is 0 Å². The predicted octanol–water partition coefficient (Wildman–Crippen LogP) is 1.25. The maximum absolute atomic E-state index is 6.15. The highest BCUT2D eigenvalue weighted by atomic mass is 16.5. The molecule has 4 nitrogen and oxygen atoms in total. The highest BCUT2D eigenvalue weighted by molar-refractivity contribution is 4.93. The van der Waals surface area contributed by atoms with Gasteiger partial charge in [0.05, 0.1) is 12.2 Å². The Hall–Kier alpha value is -0.870. The van der Waals surface area contributed by atoms with Crippen molar-refractivity contribution in [3.8, 4) is 0 Å². The van der Waals surface area contributed by atoms with E-state index in [4.69, 9.17) is 10.5 Å². The van der Waals surface area contributed by atoms with Gasteiger partial charge in [0.1, 0.15) is 5.82 Å². The molecule has 0 spiro atoms. The molecule has 1 saturated heterocycles. The minimum atomic E-state index is 0.140. The van der Waals surface area contributed by atoms with E-state index in [1.165, 1.54) is 0 Å². The topological polar surface area (TPSA) is 53.1 Å². The van der Waals surface area contributed by atoms with E-state index in [1.54, 1.807) is 0 Å². The molecule has 3 unspecified atom stereocenters. The second kappa shape index (κ2) is 4.97. The van der Waals surface area contributed by atoms with Gasteiger partial charge in [-0.25, -0.2) is 4.98 Å². The Morgan fingerprint density at radius 1 is 1.62 bits per heavy atom. The number of nitrogens with zero attached hydrogens (tertiary/aromatic N) is 2. The molecule has 2 N–H and O–H groups in total.